The van der Waals surface area contributed by atoms with E-state index in [2.05, 4.69) is 15.3 Å². The second kappa shape index (κ2) is 8.17. The molecule has 7 heteroatoms. The first-order chi connectivity index (χ1) is 12.6. The van der Waals surface area contributed by atoms with Gasteiger partial charge in [0, 0.05) is 17.3 Å². The third kappa shape index (κ3) is 4.12. The van der Waals surface area contributed by atoms with Crippen LogP contribution in [0, 0.1) is 0 Å². The van der Waals surface area contributed by atoms with Gasteiger partial charge >= 0.3 is 0 Å². The van der Waals surface area contributed by atoms with Gasteiger partial charge in [0.25, 0.3) is 5.91 Å². The molecule has 0 saturated heterocycles. The van der Waals surface area contributed by atoms with Crippen LogP contribution in [0.1, 0.15) is 17.4 Å². The predicted octanol–water partition coefficient (Wildman–Crippen LogP) is 5.19. The molecule has 5 nitrogen and oxygen atoms in total. The lowest BCUT2D eigenvalue weighted by molar-refractivity contribution is 0.0983. The van der Waals surface area contributed by atoms with Crippen molar-refractivity contribution in [2.24, 2.45) is 0 Å². The van der Waals surface area contributed by atoms with E-state index < -0.39 is 0 Å². The van der Waals surface area contributed by atoms with Gasteiger partial charge in [0.15, 0.2) is 0 Å². The van der Waals surface area contributed by atoms with Crippen molar-refractivity contribution >= 4 is 46.3 Å². The largest absolute Gasteiger partial charge is 0.338 e. The van der Waals surface area contributed by atoms with E-state index in [9.17, 15) is 4.79 Å². The number of benzene rings is 2. The van der Waals surface area contributed by atoms with Crippen LogP contribution < -0.4 is 10.2 Å². The highest BCUT2D eigenvalue weighted by atomic mass is 35.5. The number of anilines is 3. The predicted molar refractivity (Wildman–Crippen MR) is 106 cm³/mol. The summed E-state index contributed by atoms with van der Waals surface area (Å²) in [6, 6.07) is 14.5. The molecule has 0 bridgehead atoms. The van der Waals surface area contributed by atoms with Crippen LogP contribution in [0.25, 0.3) is 0 Å². The minimum Gasteiger partial charge on any atom is -0.338 e. The lowest BCUT2D eigenvalue weighted by Crippen LogP contribution is -2.31. The number of carbonyl (C=O) groups is 1. The number of nitrogens with zero attached hydrogens (tertiary/aromatic N) is 3. The third-order valence-corrected chi connectivity index (χ3v) is 4.26. The number of carbonyl (C=O) groups excluding carboxylic acids is 1. The summed E-state index contributed by atoms with van der Waals surface area (Å²) in [5.74, 6) is 0.256. The second-order valence-electron chi connectivity index (χ2n) is 5.42. The molecular formula is C19H16Cl2N4O. The van der Waals surface area contributed by atoms with Gasteiger partial charge < -0.3 is 10.2 Å². The van der Waals surface area contributed by atoms with Crippen molar-refractivity contribution in [3.63, 3.8) is 0 Å². The Balaban J connectivity index is 1.78. The van der Waals surface area contributed by atoms with E-state index >= 15 is 0 Å². The van der Waals surface area contributed by atoms with Crippen molar-refractivity contribution in [3.8, 4) is 0 Å². The molecule has 132 valence electrons. The van der Waals surface area contributed by atoms with Gasteiger partial charge in [-0.25, -0.2) is 9.97 Å². The quantitative estimate of drug-likeness (QED) is 0.654. The zero-order valence-electron chi connectivity index (χ0n) is 14.0. The molecule has 0 atom stereocenters. The van der Waals surface area contributed by atoms with Crippen LogP contribution in [0.5, 0.6) is 0 Å². The first-order valence-corrected chi connectivity index (χ1v) is 8.75. The average molecular weight is 387 g/mol. The Bertz CT molecular complexity index is 901. The maximum Gasteiger partial charge on any atom is 0.278 e. The van der Waals surface area contributed by atoms with Crippen molar-refractivity contribution in [3.05, 3.63) is 76.7 Å². The molecule has 2 aromatic carbocycles. The molecule has 1 aromatic heterocycles. The van der Waals surface area contributed by atoms with Crippen LogP contribution in [-0.4, -0.2) is 22.4 Å². The molecule has 0 spiro atoms. The summed E-state index contributed by atoms with van der Waals surface area (Å²) in [6.07, 6.45) is 2.93. The number of aromatic nitrogens is 2. The fraction of sp³-hybridized carbons (Fsp3) is 0.105. The van der Waals surface area contributed by atoms with Crippen LogP contribution in [0.2, 0.25) is 10.0 Å². The fourth-order valence-electron chi connectivity index (χ4n) is 2.42. The minimum atomic E-state index is -0.210. The van der Waals surface area contributed by atoms with E-state index in [1.54, 1.807) is 23.1 Å². The third-order valence-electron chi connectivity index (χ3n) is 3.69. The Kier molecular flexibility index (Phi) is 5.71. The maximum absolute atomic E-state index is 12.7. The van der Waals surface area contributed by atoms with Crippen LogP contribution in [0.3, 0.4) is 0 Å². The number of para-hydroxylation sites is 1. The molecule has 1 N–H and O–H groups in total. The highest BCUT2D eigenvalue weighted by Gasteiger charge is 2.17. The van der Waals surface area contributed by atoms with E-state index in [1.165, 1.54) is 12.4 Å². The number of rotatable bonds is 5. The van der Waals surface area contributed by atoms with Gasteiger partial charge in [-0.2, -0.15) is 0 Å². The minimum absolute atomic E-state index is 0.210. The standard InChI is InChI=1S/C19H16Cl2N4O/c1-2-25(14-6-4-3-5-7-14)19(26)17-11-23-18(12-22-17)24-16-10-13(20)8-9-15(16)21/h3-12H,2H2,1H3,(H,23,24). The Hall–Kier alpha value is -2.63. The van der Waals surface area contributed by atoms with E-state index in [1.807, 2.05) is 37.3 Å². The van der Waals surface area contributed by atoms with E-state index in [0.29, 0.717) is 28.1 Å². The van der Waals surface area contributed by atoms with E-state index in [0.717, 1.165) is 5.69 Å². The van der Waals surface area contributed by atoms with Crippen molar-refractivity contribution in [2.75, 3.05) is 16.8 Å². The van der Waals surface area contributed by atoms with Gasteiger partial charge in [-0.1, -0.05) is 41.4 Å². The highest BCUT2D eigenvalue weighted by Crippen LogP contribution is 2.27. The topological polar surface area (TPSA) is 58.1 Å². The average Bonchev–Trinajstić information content (AvgIpc) is 2.67. The molecular weight excluding hydrogens is 371 g/mol. The highest BCUT2D eigenvalue weighted by molar-refractivity contribution is 6.35. The molecule has 0 unspecified atom stereocenters. The summed E-state index contributed by atoms with van der Waals surface area (Å²) >= 11 is 12.1. The summed E-state index contributed by atoms with van der Waals surface area (Å²) in [5.41, 5.74) is 1.69. The van der Waals surface area contributed by atoms with Crippen molar-refractivity contribution in [1.82, 2.24) is 9.97 Å². The molecule has 3 aromatic rings. The zero-order chi connectivity index (χ0) is 18.5. The Morgan fingerprint density at radius 3 is 2.50 bits per heavy atom. The van der Waals surface area contributed by atoms with Gasteiger partial charge in [0.1, 0.15) is 11.5 Å². The van der Waals surface area contributed by atoms with Crippen LogP contribution in [-0.2, 0) is 0 Å². The molecule has 0 aliphatic heterocycles. The molecule has 3 rings (SSSR count). The summed E-state index contributed by atoms with van der Waals surface area (Å²) in [6.45, 7) is 2.44. The van der Waals surface area contributed by atoms with Gasteiger partial charge in [-0.05, 0) is 37.3 Å². The first-order valence-electron chi connectivity index (χ1n) is 7.99. The van der Waals surface area contributed by atoms with Gasteiger partial charge in [-0.15, -0.1) is 0 Å². The zero-order valence-corrected chi connectivity index (χ0v) is 15.5. The molecule has 0 fully saturated rings. The fourth-order valence-corrected chi connectivity index (χ4v) is 2.76. The summed E-state index contributed by atoms with van der Waals surface area (Å²) in [7, 11) is 0. The smallest absolute Gasteiger partial charge is 0.278 e. The molecule has 0 radical (unpaired) electrons. The Morgan fingerprint density at radius 1 is 1.08 bits per heavy atom. The first kappa shape index (κ1) is 18.2. The monoisotopic (exact) mass is 386 g/mol. The number of halogens is 2. The van der Waals surface area contributed by atoms with Crippen LogP contribution in [0.15, 0.2) is 60.9 Å². The summed E-state index contributed by atoms with van der Waals surface area (Å²) in [5, 5.41) is 4.10. The lowest BCUT2D eigenvalue weighted by Gasteiger charge is -2.20. The number of nitrogens with one attached hydrogen (secondary N) is 1. The van der Waals surface area contributed by atoms with Gasteiger partial charge in [-0.3, -0.25) is 4.79 Å². The molecule has 0 saturated carbocycles. The SMILES string of the molecule is CCN(C(=O)c1cnc(Nc2cc(Cl)ccc2Cl)cn1)c1ccccc1. The second-order valence-corrected chi connectivity index (χ2v) is 6.26. The molecule has 26 heavy (non-hydrogen) atoms. The van der Waals surface area contributed by atoms with E-state index in [-0.39, 0.29) is 11.6 Å². The molecule has 0 aliphatic rings. The summed E-state index contributed by atoms with van der Waals surface area (Å²) < 4.78 is 0. The molecule has 1 heterocycles. The number of hydrogen-bond acceptors (Lipinski definition) is 4. The molecule has 1 amide bonds. The molecule has 0 aliphatic carbocycles. The van der Waals surface area contributed by atoms with Crippen LogP contribution >= 0.6 is 23.2 Å². The Labute approximate surface area is 161 Å². The normalized spacial score (nSPS) is 10.4. The summed E-state index contributed by atoms with van der Waals surface area (Å²) in [4.78, 5) is 22.8. The van der Waals surface area contributed by atoms with Crippen molar-refractivity contribution in [2.45, 2.75) is 6.92 Å². The number of hydrogen-bond donors (Lipinski definition) is 1. The number of amides is 1. The van der Waals surface area contributed by atoms with Crippen molar-refractivity contribution < 1.29 is 4.79 Å². The maximum atomic E-state index is 12.7. The van der Waals surface area contributed by atoms with E-state index in [4.69, 9.17) is 23.2 Å². The Morgan fingerprint density at radius 2 is 1.85 bits per heavy atom. The lowest BCUT2D eigenvalue weighted by atomic mass is 10.2. The van der Waals surface area contributed by atoms with Crippen LogP contribution in [0.4, 0.5) is 17.2 Å². The van der Waals surface area contributed by atoms with Crippen molar-refractivity contribution in [1.29, 1.82) is 0 Å². The van der Waals surface area contributed by atoms with Gasteiger partial charge in [0.05, 0.1) is 23.1 Å². The van der Waals surface area contributed by atoms with Gasteiger partial charge in [0.2, 0.25) is 0 Å².